The molecule has 0 bridgehead atoms. The highest BCUT2D eigenvalue weighted by molar-refractivity contribution is 7.91. The summed E-state index contributed by atoms with van der Waals surface area (Å²) in [5, 5.41) is 4.26. The van der Waals surface area contributed by atoms with Crippen LogP contribution in [-0.4, -0.2) is 30.9 Å². The molecular formula is C13H16N2O2S2. The van der Waals surface area contributed by atoms with Gasteiger partial charge in [0.15, 0.2) is 5.13 Å². The largest absolute Gasteiger partial charge is 0.359 e. The second-order valence-corrected chi connectivity index (χ2v) is 8.39. The van der Waals surface area contributed by atoms with E-state index in [4.69, 9.17) is 0 Å². The summed E-state index contributed by atoms with van der Waals surface area (Å²) in [6.07, 6.45) is 1.36. The highest BCUT2D eigenvalue weighted by Gasteiger charge is 2.24. The van der Waals surface area contributed by atoms with Crippen LogP contribution in [0.3, 0.4) is 0 Å². The van der Waals surface area contributed by atoms with Crippen molar-refractivity contribution in [3.63, 3.8) is 0 Å². The minimum atomic E-state index is -2.80. The Morgan fingerprint density at radius 1 is 1.32 bits per heavy atom. The number of anilines is 1. The summed E-state index contributed by atoms with van der Waals surface area (Å²) in [6, 6.07) is 6.46. The van der Waals surface area contributed by atoms with Gasteiger partial charge in [0.1, 0.15) is 9.84 Å². The number of rotatable bonds is 2. The van der Waals surface area contributed by atoms with Gasteiger partial charge in [0, 0.05) is 6.04 Å². The van der Waals surface area contributed by atoms with Gasteiger partial charge in [-0.05, 0) is 37.5 Å². The standard InChI is InChI=1S/C13H16N2O2S2/c1-9-2-3-12-11(8-9)15-13(18-12)14-10-4-6-19(16,17)7-5-10/h2-3,8,10H,4-7H2,1H3,(H,14,15). The summed E-state index contributed by atoms with van der Waals surface area (Å²) >= 11 is 1.63. The molecular weight excluding hydrogens is 280 g/mol. The fourth-order valence-electron chi connectivity index (χ4n) is 2.31. The van der Waals surface area contributed by atoms with Crippen molar-refractivity contribution in [2.45, 2.75) is 25.8 Å². The predicted molar refractivity (Wildman–Crippen MR) is 79.7 cm³/mol. The smallest absolute Gasteiger partial charge is 0.184 e. The van der Waals surface area contributed by atoms with Crippen molar-refractivity contribution in [1.82, 2.24) is 4.98 Å². The van der Waals surface area contributed by atoms with Crippen molar-refractivity contribution in [3.8, 4) is 0 Å². The van der Waals surface area contributed by atoms with E-state index in [1.807, 2.05) is 0 Å². The van der Waals surface area contributed by atoms with Crippen LogP contribution in [0.2, 0.25) is 0 Å². The Balaban J connectivity index is 1.75. The number of benzene rings is 1. The Labute approximate surface area is 116 Å². The highest BCUT2D eigenvalue weighted by Crippen LogP contribution is 2.28. The van der Waals surface area contributed by atoms with Gasteiger partial charge in [-0.1, -0.05) is 17.4 Å². The molecule has 0 saturated carbocycles. The van der Waals surface area contributed by atoms with Crippen LogP contribution in [-0.2, 0) is 9.84 Å². The quantitative estimate of drug-likeness (QED) is 0.925. The van der Waals surface area contributed by atoms with Crippen LogP contribution in [0, 0.1) is 6.92 Å². The van der Waals surface area contributed by atoms with E-state index >= 15 is 0 Å². The van der Waals surface area contributed by atoms with E-state index in [1.54, 1.807) is 11.3 Å². The number of sulfone groups is 1. The summed E-state index contributed by atoms with van der Waals surface area (Å²) in [5.74, 6) is 0.573. The van der Waals surface area contributed by atoms with Gasteiger partial charge in [-0.3, -0.25) is 0 Å². The molecule has 1 N–H and O–H groups in total. The molecule has 1 aromatic heterocycles. The first-order valence-electron chi connectivity index (χ1n) is 6.36. The van der Waals surface area contributed by atoms with Gasteiger partial charge in [0.2, 0.25) is 0 Å². The van der Waals surface area contributed by atoms with E-state index in [0.29, 0.717) is 12.8 Å². The van der Waals surface area contributed by atoms with Crippen molar-refractivity contribution < 1.29 is 8.42 Å². The van der Waals surface area contributed by atoms with Gasteiger partial charge in [0.05, 0.1) is 21.7 Å². The summed E-state index contributed by atoms with van der Waals surface area (Å²) < 4.78 is 23.9. The molecule has 3 rings (SSSR count). The fourth-order valence-corrected chi connectivity index (χ4v) is 4.72. The van der Waals surface area contributed by atoms with E-state index < -0.39 is 9.84 Å². The van der Waals surface area contributed by atoms with Crippen LogP contribution in [0.4, 0.5) is 5.13 Å². The third-order valence-corrected chi connectivity index (χ3v) is 6.11. The van der Waals surface area contributed by atoms with Crippen LogP contribution in [0.1, 0.15) is 18.4 Å². The van der Waals surface area contributed by atoms with Crippen LogP contribution in [0.15, 0.2) is 18.2 Å². The molecule has 1 fully saturated rings. The summed E-state index contributed by atoms with van der Waals surface area (Å²) in [6.45, 7) is 2.05. The molecule has 4 nitrogen and oxygen atoms in total. The SMILES string of the molecule is Cc1ccc2sc(NC3CCS(=O)(=O)CC3)nc2c1. The summed E-state index contributed by atoms with van der Waals surface area (Å²) in [7, 11) is -2.80. The topological polar surface area (TPSA) is 59.1 Å². The fraction of sp³-hybridized carbons (Fsp3) is 0.462. The minimum Gasteiger partial charge on any atom is -0.359 e. The van der Waals surface area contributed by atoms with Gasteiger partial charge >= 0.3 is 0 Å². The average molecular weight is 296 g/mol. The molecule has 0 unspecified atom stereocenters. The van der Waals surface area contributed by atoms with Crippen molar-refractivity contribution >= 4 is 36.5 Å². The number of fused-ring (bicyclic) bond motifs is 1. The monoisotopic (exact) mass is 296 g/mol. The van der Waals surface area contributed by atoms with Crippen LogP contribution >= 0.6 is 11.3 Å². The van der Waals surface area contributed by atoms with Crippen molar-refractivity contribution in [2.75, 3.05) is 16.8 Å². The third kappa shape index (κ3) is 2.90. The highest BCUT2D eigenvalue weighted by atomic mass is 32.2. The summed E-state index contributed by atoms with van der Waals surface area (Å²) in [5.41, 5.74) is 2.21. The van der Waals surface area contributed by atoms with Crippen molar-refractivity contribution in [1.29, 1.82) is 0 Å². The lowest BCUT2D eigenvalue weighted by Gasteiger charge is -2.22. The summed E-state index contributed by atoms with van der Waals surface area (Å²) in [4.78, 5) is 4.56. The van der Waals surface area contributed by atoms with Gasteiger partial charge in [-0.25, -0.2) is 13.4 Å². The predicted octanol–water partition coefficient (Wildman–Crippen LogP) is 2.59. The van der Waals surface area contributed by atoms with E-state index in [0.717, 1.165) is 15.3 Å². The van der Waals surface area contributed by atoms with Crippen LogP contribution in [0.5, 0.6) is 0 Å². The molecule has 1 saturated heterocycles. The molecule has 1 aromatic carbocycles. The number of hydrogen-bond acceptors (Lipinski definition) is 5. The lowest BCUT2D eigenvalue weighted by atomic mass is 10.2. The first-order chi connectivity index (χ1) is 9.02. The first-order valence-corrected chi connectivity index (χ1v) is 9.00. The van der Waals surface area contributed by atoms with E-state index in [-0.39, 0.29) is 17.5 Å². The Kier molecular flexibility index (Phi) is 3.22. The number of thiazole rings is 1. The molecule has 6 heteroatoms. The average Bonchev–Trinajstić information content (AvgIpc) is 2.73. The Bertz CT molecular complexity index is 693. The second kappa shape index (κ2) is 4.76. The number of hydrogen-bond donors (Lipinski definition) is 1. The molecule has 19 heavy (non-hydrogen) atoms. The number of nitrogens with one attached hydrogen (secondary N) is 1. The molecule has 0 aliphatic carbocycles. The molecule has 0 amide bonds. The lowest BCUT2D eigenvalue weighted by molar-refractivity contribution is 0.559. The molecule has 0 spiro atoms. The van der Waals surface area contributed by atoms with Crippen LogP contribution in [0.25, 0.3) is 10.2 Å². The normalized spacial score (nSPS) is 19.6. The molecule has 0 atom stereocenters. The molecule has 2 heterocycles. The number of aryl methyl sites for hydroxylation is 1. The maximum atomic E-state index is 11.4. The van der Waals surface area contributed by atoms with Gasteiger partial charge in [-0.2, -0.15) is 0 Å². The maximum Gasteiger partial charge on any atom is 0.184 e. The Morgan fingerprint density at radius 3 is 2.79 bits per heavy atom. The lowest BCUT2D eigenvalue weighted by Crippen LogP contribution is -2.32. The van der Waals surface area contributed by atoms with Crippen molar-refractivity contribution in [2.24, 2.45) is 0 Å². The molecule has 1 aliphatic rings. The first kappa shape index (κ1) is 12.9. The zero-order valence-electron chi connectivity index (χ0n) is 10.7. The van der Waals surface area contributed by atoms with Crippen molar-refractivity contribution in [3.05, 3.63) is 23.8 Å². The molecule has 102 valence electrons. The van der Waals surface area contributed by atoms with Gasteiger partial charge in [-0.15, -0.1) is 0 Å². The third-order valence-electron chi connectivity index (χ3n) is 3.43. The second-order valence-electron chi connectivity index (χ2n) is 5.06. The van der Waals surface area contributed by atoms with E-state index in [2.05, 4.69) is 35.4 Å². The maximum absolute atomic E-state index is 11.4. The van der Waals surface area contributed by atoms with E-state index in [9.17, 15) is 8.42 Å². The Hall–Kier alpha value is -1.14. The molecule has 0 radical (unpaired) electrons. The van der Waals surface area contributed by atoms with E-state index in [1.165, 1.54) is 5.56 Å². The molecule has 1 aliphatic heterocycles. The van der Waals surface area contributed by atoms with Gasteiger partial charge in [0.25, 0.3) is 0 Å². The minimum absolute atomic E-state index is 0.227. The van der Waals surface area contributed by atoms with Gasteiger partial charge < -0.3 is 5.32 Å². The zero-order chi connectivity index (χ0) is 13.5. The van der Waals surface area contributed by atoms with Crippen LogP contribution < -0.4 is 5.32 Å². The number of aromatic nitrogens is 1. The molecule has 2 aromatic rings. The number of nitrogens with zero attached hydrogens (tertiary/aromatic N) is 1. The Morgan fingerprint density at radius 2 is 2.05 bits per heavy atom. The zero-order valence-corrected chi connectivity index (χ0v) is 12.4.